The maximum absolute atomic E-state index is 12.8. The van der Waals surface area contributed by atoms with Gasteiger partial charge in [0.25, 0.3) is 5.91 Å². The summed E-state index contributed by atoms with van der Waals surface area (Å²) < 4.78 is 109. The van der Waals surface area contributed by atoms with E-state index in [1.165, 1.54) is 15.3 Å². The number of aryl methyl sites for hydroxylation is 1. The van der Waals surface area contributed by atoms with E-state index in [0.29, 0.717) is 60.7 Å². The Morgan fingerprint density at radius 2 is 1.13 bits per heavy atom. The molecular formula is C61H63KN26Na2O17S8. The summed E-state index contributed by atoms with van der Waals surface area (Å²) in [5.41, 5.74) is 3.46. The third kappa shape index (κ3) is 26.0. The summed E-state index contributed by atoms with van der Waals surface area (Å²) in [7, 11) is -13.1. The number of carbonyl (C=O) groups is 5. The molecule has 0 aliphatic heterocycles. The molecule has 11 rings (SSSR count). The van der Waals surface area contributed by atoms with E-state index in [1.54, 1.807) is 43.5 Å². The number of benzene rings is 2. The number of carboxylic acids is 3. The number of fused-ring (bicyclic) bond motifs is 3. The van der Waals surface area contributed by atoms with E-state index in [1.807, 2.05) is 54.5 Å². The van der Waals surface area contributed by atoms with Crippen LogP contribution in [0.25, 0.3) is 33.0 Å². The molecule has 2 amide bonds. The Morgan fingerprint density at radius 3 is 1.63 bits per heavy atom. The number of H-pyrrole nitrogens is 3. The molecule has 0 saturated heterocycles. The quantitative estimate of drug-likeness (QED) is 0.0109. The average molecular weight is 1770 g/mol. The van der Waals surface area contributed by atoms with Gasteiger partial charge in [0.15, 0.2) is 28.7 Å². The van der Waals surface area contributed by atoms with Gasteiger partial charge in [0.2, 0.25) is 49.1 Å². The molecule has 9 aromatic heterocycles. The minimum atomic E-state index is -4.52. The number of thioether (sulfide) groups is 2. The van der Waals surface area contributed by atoms with Crippen LogP contribution in [0.5, 0.6) is 0 Å². The summed E-state index contributed by atoms with van der Waals surface area (Å²) in [5.74, 6) is -6.50. The third-order valence-corrected chi connectivity index (χ3v) is 22.1. The first-order valence-corrected chi connectivity index (χ1v) is 41.4. The van der Waals surface area contributed by atoms with Gasteiger partial charge in [0, 0.05) is 105 Å². The normalized spacial score (nSPS) is 12.5. The number of rotatable bonds is 28. The average Bonchev–Trinajstić information content (AvgIpc) is 1.55. The molecule has 590 valence electrons. The van der Waals surface area contributed by atoms with Crippen molar-refractivity contribution < 1.29 is 189 Å². The number of amides is 2. The number of aromatic carboxylic acids is 3. The Morgan fingerprint density at radius 1 is 0.652 bits per heavy atom. The van der Waals surface area contributed by atoms with Gasteiger partial charge in [-0.05, 0) is 43.7 Å². The van der Waals surface area contributed by atoms with Gasteiger partial charge < -0.3 is 39.6 Å². The molecule has 2 atom stereocenters. The zero-order valence-corrected chi connectivity index (χ0v) is 76.7. The van der Waals surface area contributed by atoms with Crippen molar-refractivity contribution in [1.82, 2.24) is 88.8 Å². The van der Waals surface area contributed by atoms with Crippen LogP contribution in [0, 0.1) is 31.8 Å². The number of azo groups is 3. The van der Waals surface area contributed by atoms with Gasteiger partial charge in [-0.3, -0.25) is 24.9 Å². The maximum atomic E-state index is 12.8. The molecule has 54 heteroatoms. The predicted molar refractivity (Wildman–Crippen MR) is 401 cm³/mol. The van der Waals surface area contributed by atoms with E-state index < -0.39 is 101 Å². The number of nitriles is 1. The fourth-order valence-electron chi connectivity index (χ4n) is 9.67. The van der Waals surface area contributed by atoms with E-state index in [2.05, 4.69) is 111 Å². The van der Waals surface area contributed by atoms with E-state index in [4.69, 9.17) is 6.57 Å². The molecule has 0 fully saturated rings. The molecule has 0 bridgehead atoms. The molecule has 0 aliphatic rings. The van der Waals surface area contributed by atoms with Crippen LogP contribution < -0.4 is 121 Å². The van der Waals surface area contributed by atoms with E-state index in [0.717, 1.165) is 81.8 Å². The van der Waals surface area contributed by atoms with E-state index >= 15 is 0 Å². The molecule has 0 radical (unpaired) electrons. The zero-order valence-electron chi connectivity index (χ0n) is 63.1. The zero-order chi connectivity index (χ0) is 82.1. The predicted octanol–water partition coefficient (Wildman–Crippen LogP) is 0.554. The number of nitrogens with zero attached hydrogens (tertiary/aromatic N) is 21. The summed E-state index contributed by atoms with van der Waals surface area (Å²) in [6.07, 6.45) is -0.477. The van der Waals surface area contributed by atoms with Crippen LogP contribution in [-0.4, -0.2) is 204 Å². The minimum absolute atomic E-state index is 0. The number of nitrogens with one attached hydrogen (secondary N) is 5. The molecule has 115 heavy (non-hydrogen) atoms. The Labute approximate surface area is 760 Å². The molecule has 0 saturated carbocycles. The minimum Gasteiger partial charge on any atom is -0.748 e. The Kier molecular flexibility index (Phi) is 34.2. The van der Waals surface area contributed by atoms with E-state index in [-0.39, 0.29) is 212 Å². The van der Waals surface area contributed by atoms with Crippen molar-refractivity contribution in [2.24, 2.45) is 30.7 Å². The van der Waals surface area contributed by atoms with Crippen LogP contribution in [0.1, 0.15) is 154 Å². The first-order chi connectivity index (χ1) is 52.5. The van der Waals surface area contributed by atoms with Gasteiger partial charge in [0.1, 0.15) is 16.9 Å². The van der Waals surface area contributed by atoms with Crippen molar-refractivity contribution in [3.63, 3.8) is 0 Å². The molecule has 43 nitrogen and oxygen atoms in total. The third-order valence-electron chi connectivity index (χ3n) is 15.3. The monoisotopic (exact) mass is 1770 g/mol. The van der Waals surface area contributed by atoms with Crippen molar-refractivity contribution in [2.75, 3.05) is 41.9 Å². The van der Waals surface area contributed by atoms with Crippen molar-refractivity contribution in [1.29, 1.82) is 5.26 Å². The first-order valence-electron chi connectivity index (χ1n) is 32.3. The number of aromatic amines is 3. The van der Waals surface area contributed by atoms with Gasteiger partial charge in [-0.15, -0.1) is 57.3 Å². The van der Waals surface area contributed by atoms with Crippen molar-refractivity contribution >= 4 is 173 Å². The number of carboxylic acid groups (broad SMARTS) is 3. The second-order valence-corrected chi connectivity index (χ2v) is 35.0. The maximum Gasteiger partial charge on any atom is 1.00 e. The second kappa shape index (κ2) is 40.8. The molecule has 8 N–H and O–H groups in total. The molecule has 0 aliphatic carbocycles. The van der Waals surface area contributed by atoms with Crippen molar-refractivity contribution in [2.45, 2.75) is 109 Å². The number of thiophene rings is 1. The largest absolute Gasteiger partial charge is 1.00 e. The Hall–Kier alpha value is -7.50. The topological polar surface area (TPSA) is 634 Å². The fraction of sp³-hybridized carbons (Fsp3) is 0.361. The molecule has 9 heterocycles. The number of aromatic nitrogens is 16. The second-order valence-electron chi connectivity index (χ2n) is 25.9. The van der Waals surface area contributed by atoms with Gasteiger partial charge >= 0.3 is 128 Å². The summed E-state index contributed by atoms with van der Waals surface area (Å²) in [4.78, 5) is 80.6. The number of hydrogen-bond acceptors (Lipinski definition) is 36. The number of hydrogen-bond donors (Lipinski definition) is 8. The standard InChI is InChI=1S/C24H27N9O8S3.C24H21N9O6S2.C13H18N8O3S3.K.2Na/c1-11(10-25-19(34)12-7-13(20(35)36)9-14(8-12)21(37)38)17-26-18-15(16(24(2,3)4)30-33(18)31-17)28-29-22-27-23(32-43-22)42-5-6-44(39,40)41;1-12(11-27-17(34)8-9-41(37,38)39)21-28-22-20(29-30-23-18(26-3)13(2)16(10-25)40-23)19(31-33(22)32-21)14-6-4-5-7-15(14)24(35)36;1-7-15-17-10-8(9(13(2,3)4)19-21(7)10)16-18-11-14-12(20-26-11)25-5-6-27(22,23)24;;;/h7-9,11,30H,5-6,10H2,1-4H3,(H,25,34)(H,35,36)(H,37,38)(H,39,40,41);4-7,12,31H,8-9,11H2,1-2H3,(H,27,34)(H,35,36)(H,37,38,39);19H,5-6H2,1-4H3,(H,22,23,24);;;/q;;;3*+1/p-3. The molecular weight excluding hydrogens is 1710 g/mol. The van der Waals surface area contributed by atoms with Gasteiger partial charge in [-0.1, -0.05) is 97.1 Å². The molecule has 0 spiro atoms. The summed E-state index contributed by atoms with van der Waals surface area (Å²) >= 11 is 5.05. The van der Waals surface area contributed by atoms with Crippen LogP contribution in [0.2, 0.25) is 0 Å². The molecule has 11 aromatic rings. The van der Waals surface area contributed by atoms with Crippen LogP contribution in [0.3, 0.4) is 0 Å². The SMILES string of the molecule is CC(CNC(=O)c1cc(C(=O)O)cc(C(=O)O)c1)c1nc2c(N=Nc3nc(SCCS(=O)(=O)[O-])ns3)c(C(C)(C)C)[nH]n2n1.Cc1nnc2c(N=Nc3nc(SCCS(=O)(=O)[O-])ns3)c(C(C)(C)C)[nH]n12.[C-]#[N+]c1c(N=Nc2c(-c3ccccc3C(=O)O)[nH]n3nc(C(C)CNC(=O)CCS(=O)(=O)[O-])nc23)sc(C#N)c1C.[K+].[Na+].[Na+]. The summed E-state index contributed by atoms with van der Waals surface area (Å²) in [6, 6.07) is 11.4. The Balaban J connectivity index is 0.000000272. The van der Waals surface area contributed by atoms with Crippen LogP contribution in [0.15, 0.2) is 83.5 Å². The fourth-order valence-corrected chi connectivity index (χ4v) is 15.5. The molecule has 2 unspecified atom stereocenters. The van der Waals surface area contributed by atoms with Gasteiger partial charge in [0.05, 0.1) is 75.6 Å². The van der Waals surface area contributed by atoms with Crippen LogP contribution in [-0.2, 0) is 46.0 Å². The van der Waals surface area contributed by atoms with Crippen molar-refractivity contribution in [3.8, 4) is 17.3 Å². The summed E-state index contributed by atoms with van der Waals surface area (Å²) in [5, 5.41) is 96.0. The van der Waals surface area contributed by atoms with Crippen molar-refractivity contribution in [3.05, 3.63) is 115 Å². The molecule has 2 aromatic carbocycles. The van der Waals surface area contributed by atoms with Crippen LogP contribution >= 0.6 is 57.9 Å². The summed E-state index contributed by atoms with van der Waals surface area (Å²) in [6.45, 7) is 26.5. The van der Waals surface area contributed by atoms with E-state index in [9.17, 15) is 83.5 Å². The smallest absolute Gasteiger partial charge is 0.748 e. The number of carbonyl (C=O) groups excluding carboxylic acids is 2. The van der Waals surface area contributed by atoms with Crippen LogP contribution in [0.4, 0.5) is 38.0 Å². The Bertz CT molecular complexity index is 5970. The van der Waals surface area contributed by atoms with Gasteiger partial charge in [-0.2, -0.15) is 38.4 Å². The first kappa shape index (κ1) is 96.3. The van der Waals surface area contributed by atoms with Gasteiger partial charge in [-0.25, -0.2) is 59.0 Å².